The molecule has 0 heterocycles. The minimum absolute atomic E-state index is 0.000478. The van der Waals surface area contributed by atoms with E-state index in [4.69, 9.17) is 0 Å². The van der Waals surface area contributed by atoms with Crippen LogP contribution in [0.4, 0.5) is 0 Å². The van der Waals surface area contributed by atoms with Gasteiger partial charge in [0.05, 0.1) is 6.04 Å². The number of ketones is 1. The van der Waals surface area contributed by atoms with Crippen molar-refractivity contribution in [2.45, 2.75) is 71.4 Å². The largest absolute Gasteiger partial charge is 0.507 e. The topological polar surface area (TPSA) is 86.6 Å². The summed E-state index contributed by atoms with van der Waals surface area (Å²) < 4.78 is 0. The van der Waals surface area contributed by atoms with Crippen molar-refractivity contribution in [1.82, 2.24) is 5.32 Å². The van der Waals surface area contributed by atoms with Crippen molar-refractivity contribution in [1.29, 1.82) is 0 Å². The van der Waals surface area contributed by atoms with Gasteiger partial charge in [0.25, 0.3) is 0 Å². The first-order chi connectivity index (χ1) is 18.4. The first-order valence-corrected chi connectivity index (χ1v) is 13.4. The summed E-state index contributed by atoms with van der Waals surface area (Å²) in [4.78, 5) is 24.7. The molecule has 3 aromatic carbocycles. The molecule has 3 aromatic rings. The molecule has 0 saturated carbocycles. The number of phenols is 1. The molecule has 0 fully saturated rings. The van der Waals surface area contributed by atoms with Gasteiger partial charge in [0.2, 0.25) is 0 Å². The van der Waals surface area contributed by atoms with E-state index in [1.54, 1.807) is 6.07 Å². The smallest absolute Gasteiger partial charge is 0.339 e. The Balaban J connectivity index is 1.67. The number of aromatic carboxylic acids is 1. The zero-order chi connectivity index (χ0) is 27.3. The fourth-order valence-corrected chi connectivity index (χ4v) is 4.23. The SMILES string of the molecule is CCCCCC(NCc1ccc(O)c(C(=O)O)c1)C(=O)c1ccc(C#Cc2ccc(CCCC)cc2)cc1. The van der Waals surface area contributed by atoms with E-state index in [0.29, 0.717) is 24.1 Å². The van der Waals surface area contributed by atoms with Gasteiger partial charge in [-0.3, -0.25) is 4.79 Å². The lowest BCUT2D eigenvalue weighted by Gasteiger charge is -2.18. The van der Waals surface area contributed by atoms with Crippen LogP contribution in [-0.4, -0.2) is 28.0 Å². The van der Waals surface area contributed by atoms with Gasteiger partial charge in [0.15, 0.2) is 5.78 Å². The summed E-state index contributed by atoms with van der Waals surface area (Å²) in [7, 11) is 0. The van der Waals surface area contributed by atoms with Gasteiger partial charge in [-0.1, -0.05) is 81.7 Å². The summed E-state index contributed by atoms with van der Waals surface area (Å²) in [6.45, 7) is 4.64. The second-order valence-corrected chi connectivity index (χ2v) is 9.58. The van der Waals surface area contributed by atoms with Gasteiger partial charge in [0, 0.05) is 23.2 Å². The van der Waals surface area contributed by atoms with Gasteiger partial charge >= 0.3 is 5.97 Å². The van der Waals surface area contributed by atoms with Gasteiger partial charge in [-0.15, -0.1) is 0 Å². The fourth-order valence-electron chi connectivity index (χ4n) is 4.23. The third kappa shape index (κ3) is 8.61. The summed E-state index contributed by atoms with van der Waals surface area (Å²) in [5.74, 6) is 4.92. The Labute approximate surface area is 225 Å². The molecule has 3 N–H and O–H groups in total. The number of nitrogens with one attached hydrogen (secondary N) is 1. The first kappa shape index (κ1) is 28.7. The van der Waals surface area contributed by atoms with E-state index in [9.17, 15) is 19.8 Å². The lowest BCUT2D eigenvalue weighted by atomic mass is 9.97. The van der Waals surface area contributed by atoms with Crippen LogP contribution in [0.1, 0.15) is 95.3 Å². The van der Waals surface area contributed by atoms with Crippen molar-refractivity contribution in [3.63, 3.8) is 0 Å². The normalized spacial score (nSPS) is 11.4. The van der Waals surface area contributed by atoms with Crippen molar-refractivity contribution in [2.24, 2.45) is 0 Å². The number of carboxylic acid groups (broad SMARTS) is 1. The maximum atomic E-state index is 13.4. The summed E-state index contributed by atoms with van der Waals surface area (Å²) in [6.07, 6.45) is 7.14. The number of carbonyl (C=O) groups is 2. The predicted molar refractivity (Wildman–Crippen MR) is 152 cm³/mol. The zero-order valence-electron chi connectivity index (χ0n) is 22.3. The molecule has 0 aliphatic rings. The minimum Gasteiger partial charge on any atom is -0.507 e. The number of hydrogen-bond donors (Lipinski definition) is 3. The van der Waals surface area contributed by atoms with Crippen LogP contribution in [0.3, 0.4) is 0 Å². The molecule has 0 amide bonds. The third-order valence-electron chi connectivity index (χ3n) is 6.55. The van der Waals surface area contributed by atoms with Gasteiger partial charge in [-0.25, -0.2) is 4.79 Å². The number of unbranched alkanes of at least 4 members (excludes halogenated alkanes) is 3. The first-order valence-electron chi connectivity index (χ1n) is 13.4. The van der Waals surface area contributed by atoms with Crippen molar-refractivity contribution in [2.75, 3.05) is 0 Å². The second kappa shape index (κ2) is 14.8. The number of Topliss-reactive ketones (excluding diaryl/α,β-unsaturated/α-hetero) is 1. The molecule has 3 rings (SSSR count). The average molecular weight is 512 g/mol. The van der Waals surface area contributed by atoms with Crippen LogP contribution in [0, 0.1) is 11.8 Å². The number of aromatic hydroxyl groups is 1. The molecule has 0 aliphatic carbocycles. The fraction of sp³-hybridized carbons (Fsp3) is 0.333. The molecule has 1 unspecified atom stereocenters. The highest BCUT2D eigenvalue weighted by molar-refractivity contribution is 6.00. The molecule has 5 heteroatoms. The van der Waals surface area contributed by atoms with Crippen molar-refractivity contribution < 1.29 is 19.8 Å². The number of aryl methyl sites for hydroxylation is 1. The van der Waals surface area contributed by atoms with E-state index in [1.165, 1.54) is 30.5 Å². The summed E-state index contributed by atoms with van der Waals surface area (Å²) in [5.41, 5.74) is 4.29. The highest BCUT2D eigenvalue weighted by Crippen LogP contribution is 2.19. The molecule has 0 aliphatic heterocycles. The standard InChI is InChI=1S/C33H37NO4/c1-3-5-7-9-30(34-23-27-18-21-31(35)29(22-27)33(37)38)32(36)28-19-16-26(17-20-28)15-14-25-12-10-24(11-13-25)8-6-4-2/h10-13,16-22,30,34-35H,3-9,23H2,1-2H3,(H,37,38). The Bertz CT molecular complexity index is 1270. The summed E-state index contributed by atoms with van der Waals surface area (Å²) >= 11 is 0. The van der Waals surface area contributed by atoms with E-state index in [0.717, 1.165) is 36.8 Å². The molecular weight excluding hydrogens is 474 g/mol. The average Bonchev–Trinajstić information content (AvgIpc) is 2.93. The lowest BCUT2D eigenvalue weighted by molar-refractivity contribution is 0.0693. The van der Waals surface area contributed by atoms with Crippen LogP contribution in [0.25, 0.3) is 0 Å². The van der Waals surface area contributed by atoms with Crippen molar-refractivity contribution >= 4 is 11.8 Å². The highest BCUT2D eigenvalue weighted by Gasteiger charge is 2.20. The van der Waals surface area contributed by atoms with E-state index < -0.39 is 12.0 Å². The van der Waals surface area contributed by atoms with Crippen LogP contribution in [0.5, 0.6) is 5.75 Å². The molecule has 0 spiro atoms. The molecular formula is C33H37NO4. The monoisotopic (exact) mass is 511 g/mol. The summed E-state index contributed by atoms with van der Waals surface area (Å²) in [5, 5.41) is 22.3. The van der Waals surface area contributed by atoms with E-state index in [-0.39, 0.29) is 17.1 Å². The van der Waals surface area contributed by atoms with Gasteiger partial charge in [-0.2, -0.15) is 0 Å². The Hall–Kier alpha value is -3.88. The maximum Gasteiger partial charge on any atom is 0.339 e. The Morgan fingerprint density at radius 3 is 2.03 bits per heavy atom. The number of rotatable bonds is 13. The van der Waals surface area contributed by atoms with Gasteiger partial charge < -0.3 is 15.5 Å². The van der Waals surface area contributed by atoms with Crippen LogP contribution in [-0.2, 0) is 13.0 Å². The van der Waals surface area contributed by atoms with Crippen molar-refractivity contribution in [3.8, 4) is 17.6 Å². The maximum absolute atomic E-state index is 13.4. The van der Waals surface area contributed by atoms with E-state index in [2.05, 4.69) is 55.3 Å². The van der Waals surface area contributed by atoms with Crippen LogP contribution < -0.4 is 5.32 Å². The highest BCUT2D eigenvalue weighted by atomic mass is 16.4. The molecule has 38 heavy (non-hydrogen) atoms. The number of carbonyl (C=O) groups excluding carboxylic acids is 1. The van der Waals surface area contributed by atoms with Crippen LogP contribution in [0.2, 0.25) is 0 Å². The Morgan fingerprint density at radius 1 is 0.816 bits per heavy atom. The second-order valence-electron chi connectivity index (χ2n) is 9.58. The molecule has 198 valence electrons. The zero-order valence-corrected chi connectivity index (χ0v) is 22.3. The number of benzene rings is 3. The molecule has 0 bridgehead atoms. The molecule has 0 saturated heterocycles. The molecule has 5 nitrogen and oxygen atoms in total. The lowest BCUT2D eigenvalue weighted by Crippen LogP contribution is -2.36. The van der Waals surface area contributed by atoms with Crippen LogP contribution in [0.15, 0.2) is 66.7 Å². The van der Waals surface area contributed by atoms with Crippen LogP contribution >= 0.6 is 0 Å². The van der Waals surface area contributed by atoms with Gasteiger partial charge in [-0.05, 0) is 66.8 Å². The summed E-state index contributed by atoms with van der Waals surface area (Å²) in [6, 6.07) is 19.8. The molecule has 0 radical (unpaired) electrons. The van der Waals surface area contributed by atoms with Crippen molar-refractivity contribution in [3.05, 3.63) is 100 Å². The Kier molecular flexibility index (Phi) is 11.1. The molecule has 0 aromatic heterocycles. The van der Waals surface area contributed by atoms with E-state index >= 15 is 0 Å². The number of hydrogen-bond acceptors (Lipinski definition) is 4. The van der Waals surface area contributed by atoms with Gasteiger partial charge in [0.1, 0.15) is 11.3 Å². The quantitative estimate of drug-likeness (QED) is 0.134. The molecule has 1 atom stereocenters. The minimum atomic E-state index is -1.19. The predicted octanol–water partition coefficient (Wildman–Crippen LogP) is 6.75. The van der Waals surface area contributed by atoms with E-state index in [1.807, 2.05) is 24.3 Å². The third-order valence-corrected chi connectivity index (χ3v) is 6.55. The Morgan fingerprint density at radius 2 is 1.42 bits per heavy atom. The number of carboxylic acids is 1.